The van der Waals surface area contributed by atoms with Crippen LogP contribution in [0.2, 0.25) is 0 Å². The maximum absolute atomic E-state index is 13.9. The standard InChI is InChI=1S/C23H34FN3O2/c1-17-15-26(16-19-5-4-14-29-19)11-10-22(17)25-18-8-12-27(13-9-18)23(28)20-6-2-3-7-21(20)24/h2-3,6-7,17-19,22,25H,4-5,8-16H2,1H3. The molecule has 3 heterocycles. The van der Waals surface area contributed by atoms with E-state index in [1.165, 1.54) is 25.3 Å². The number of carbonyl (C=O) groups is 1. The van der Waals surface area contributed by atoms with Gasteiger partial charge in [-0.3, -0.25) is 4.79 Å². The molecule has 0 aliphatic carbocycles. The van der Waals surface area contributed by atoms with E-state index < -0.39 is 5.82 Å². The summed E-state index contributed by atoms with van der Waals surface area (Å²) in [6.07, 6.45) is 5.88. The van der Waals surface area contributed by atoms with Crippen LogP contribution in [0, 0.1) is 11.7 Å². The van der Waals surface area contributed by atoms with Gasteiger partial charge in [-0.25, -0.2) is 4.39 Å². The lowest BCUT2D eigenvalue weighted by Gasteiger charge is -2.41. The Morgan fingerprint density at radius 1 is 1.17 bits per heavy atom. The second-order valence-corrected chi connectivity index (χ2v) is 8.98. The van der Waals surface area contributed by atoms with Crippen molar-refractivity contribution in [1.82, 2.24) is 15.1 Å². The van der Waals surface area contributed by atoms with Crippen molar-refractivity contribution in [3.05, 3.63) is 35.6 Å². The maximum Gasteiger partial charge on any atom is 0.256 e. The highest BCUT2D eigenvalue weighted by Gasteiger charge is 2.31. The SMILES string of the molecule is CC1CN(CC2CCCO2)CCC1NC1CCN(C(=O)c2ccccc2F)CC1. The monoisotopic (exact) mass is 403 g/mol. The highest BCUT2D eigenvalue weighted by atomic mass is 19.1. The maximum atomic E-state index is 13.9. The van der Waals surface area contributed by atoms with E-state index in [2.05, 4.69) is 17.1 Å². The van der Waals surface area contributed by atoms with E-state index in [1.54, 1.807) is 23.1 Å². The number of halogens is 1. The molecular weight excluding hydrogens is 369 g/mol. The van der Waals surface area contributed by atoms with Crippen LogP contribution in [0.5, 0.6) is 0 Å². The summed E-state index contributed by atoms with van der Waals surface area (Å²) in [4.78, 5) is 17.0. The Balaban J connectivity index is 1.22. The molecule has 5 nitrogen and oxygen atoms in total. The number of nitrogens with one attached hydrogen (secondary N) is 1. The fourth-order valence-corrected chi connectivity index (χ4v) is 5.08. The Kier molecular flexibility index (Phi) is 6.83. The molecule has 3 saturated heterocycles. The lowest BCUT2D eigenvalue weighted by atomic mass is 9.91. The summed E-state index contributed by atoms with van der Waals surface area (Å²) in [6, 6.07) is 7.25. The predicted octanol–water partition coefficient (Wildman–Crippen LogP) is 2.91. The van der Waals surface area contributed by atoms with Crippen molar-refractivity contribution in [1.29, 1.82) is 0 Å². The van der Waals surface area contributed by atoms with Gasteiger partial charge in [0.05, 0.1) is 11.7 Å². The fraction of sp³-hybridized carbons (Fsp3) is 0.696. The van der Waals surface area contributed by atoms with E-state index in [0.717, 1.165) is 39.1 Å². The van der Waals surface area contributed by atoms with Gasteiger partial charge in [-0.05, 0) is 56.7 Å². The van der Waals surface area contributed by atoms with Crippen molar-refractivity contribution in [3.8, 4) is 0 Å². The molecular formula is C23H34FN3O2. The van der Waals surface area contributed by atoms with Crippen LogP contribution in [-0.4, -0.2) is 73.2 Å². The first-order valence-electron chi connectivity index (χ1n) is 11.2. The number of benzene rings is 1. The van der Waals surface area contributed by atoms with Crippen LogP contribution < -0.4 is 5.32 Å². The van der Waals surface area contributed by atoms with Crippen LogP contribution >= 0.6 is 0 Å². The number of likely N-dealkylation sites (tertiary alicyclic amines) is 2. The highest BCUT2D eigenvalue weighted by molar-refractivity contribution is 5.94. The quantitative estimate of drug-likeness (QED) is 0.821. The molecule has 3 aliphatic heterocycles. The minimum atomic E-state index is -0.429. The van der Waals surface area contributed by atoms with Gasteiger partial charge in [-0.15, -0.1) is 0 Å². The van der Waals surface area contributed by atoms with E-state index in [1.807, 2.05) is 0 Å². The number of piperidine rings is 2. The van der Waals surface area contributed by atoms with Gasteiger partial charge in [0.1, 0.15) is 5.82 Å². The molecule has 3 aliphatic rings. The number of hydrogen-bond donors (Lipinski definition) is 1. The highest BCUT2D eigenvalue weighted by Crippen LogP contribution is 2.23. The molecule has 1 N–H and O–H groups in total. The molecule has 0 bridgehead atoms. The second-order valence-electron chi connectivity index (χ2n) is 8.98. The normalized spacial score (nSPS) is 29.3. The zero-order valence-corrected chi connectivity index (χ0v) is 17.5. The number of amides is 1. The Bertz CT molecular complexity index is 686. The molecule has 0 radical (unpaired) electrons. The Labute approximate surface area is 173 Å². The molecule has 3 fully saturated rings. The third-order valence-corrected chi connectivity index (χ3v) is 6.81. The summed E-state index contributed by atoms with van der Waals surface area (Å²) >= 11 is 0. The number of hydrogen-bond acceptors (Lipinski definition) is 4. The summed E-state index contributed by atoms with van der Waals surface area (Å²) in [5.74, 6) is 0.00178. The van der Waals surface area contributed by atoms with Crippen LogP contribution in [-0.2, 0) is 4.74 Å². The van der Waals surface area contributed by atoms with Gasteiger partial charge in [0, 0.05) is 44.9 Å². The van der Waals surface area contributed by atoms with Crippen molar-refractivity contribution in [2.24, 2.45) is 5.92 Å². The fourth-order valence-electron chi connectivity index (χ4n) is 5.08. The number of nitrogens with zero attached hydrogens (tertiary/aromatic N) is 2. The van der Waals surface area contributed by atoms with Crippen LogP contribution in [0.4, 0.5) is 4.39 Å². The molecule has 1 aromatic rings. The Morgan fingerprint density at radius 2 is 1.97 bits per heavy atom. The van der Waals surface area contributed by atoms with Gasteiger partial charge in [0.15, 0.2) is 0 Å². The summed E-state index contributed by atoms with van der Waals surface area (Å²) in [6.45, 7) is 7.99. The zero-order valence-electron chi connectivity index (χ0n) is 17.5. The third kappa shape index (κ3) is 5.16. The first-order valence-corrected chi connectivity index (χ1v) is 11.2. The van der Waals surface area contributed by atoms with Gasteiger partial charge in [0.25, 0.3) is 5.91 Å². The molecule has 0 aromatic heterocycles. The second kappa shape index (κ2) is 9.54. The number of rotatable bonds is 5. The van der Waals surface area contributed by atoms with Crippen LogP contribution in [0.1, 0.15) is 49.4 Å². The molecule has 160 valence electrons. The molecule has 29 heavy (non-hydrogen) atoms. The van der Waals surface area contributed by atoms with Crippen LogP contribution in [0.3, 0.4) is 0 Å². The summed E-state index contributed by atoms with van der Waals surface area (Å²) in [5, 5.41) is 3.86. The van der Waals surface area contributed by atoms with E-state index in [4.69, 9.17) is 4.74 Å². The predicted molar refractivity (Wildman–Crippen MR) is 111 cm³/mol. The average Bonchev–Trinajstić information content (AvgIpc) is 3.23. The summed E-state index contributed by atoms with van der Waals surface area (Å²) in [7, 11) is 0. The molecule has 1 aromatic carbocycles. The number of ether oxygens (including phenoxy) is 1. The van der Waals surface area contributed by atoms with Crippen LogP contribution in [0.25, 0.3) is 0 Å². The van der Waals surface area contributed by atoms with E-state index in [0.29, 0.717) is 37.2 Å². The molecule has 4 rings (SSSR count). The largest absolute Gasteiger partial charge is 0.377 e. The molecule has 3 atom stereocenters. The van der Waals surface area contributed by atoms with Crippen molar-refractivity contribution >= 4 is 5.91 Å². The topological polar surface area (TPSA) is 44.8 Å². The van der Waals surface area contributed by atoms with Gasteiger partial charge >= 0.3 is 0 Å². The molecule has 0 spiro atoms. The third-order valence-electron chi connectivity index (χ3n) is 6.81. The van der Waals surface area contributed by atoms with Crippen molar-refractivity contribution in [3.63, 3.8) is 0 Å². The van der Waals surface area contributed by atoms with E-state index >= 15 is 0 Å². The van der Waals surface area contributed by atoms with E-state index in [9.17, 15) is 9.18 Å². The zero-order chi connectivity index (χ0) is 20.2. The molecule has 3 unspecified atom stereocenters. The van der Waals surface area contributed by atoms with Crippen LogP contribution in [0.15, 0.2) is 24.3 Å². The van der Waals surface area contributed by atoms with E-state index in [-0.39, 0.29) is 11.5 Å². The molecule has 0 saturated carbocycles. The van der Waals surface area contributed by atoms with Crippen molar-refractivity contribution in [2.75, 3.05) is 39.3 Å². The summed E-state index contributed by atoms with van der Waals surface area (Å²) < 4.78 is 19.7. The lowest BCUT2D eigenvalue weighted by Crippen LogP contribution is -2.54. The molecule has 6 heteroatoms. The average molecular weight is 404 g/mol. The Hall–Kier alpha value is -1.50. The Morgan fingerprint density at radius 3 is 2.66 bits per heavy atom. The lowest BCUT2D eigenvalue weighted by molar-refractivity contribution is 0.0476. The summed E-state index contributed by atoms with van der Waals surface area (Å²) in [5.41, 5.74) is 0.186. The van der Waals surface area contributed by atoms with Crippen molar-refractivity contribution in [2.45, 2.75) is 57.2 Å². The van der Waals surface area contributed by atoms with Gasteiger partial charge in [0.2, 0.25) is 0 Å². The van der Waals surface area contributed by atoms with Gasteiger partial charge < -0.3 is 19.9 Å². The minimum Gasteiger partial charge on any atom is -0.377 e. The minimum absolute atomic E-state index is 0.183. The molecule has 1 amide bonds. The first kappa shape index (κ1) is 20.8. The number of carbonyl (C=O) groups excluding carboxylic acids is 1. The van der Waals surface area contributed by atoms with Gasteiger partial charge in [-0.1, -0.05) is 19.1 Å². The smallest absolute Gasteiger partial charge is 0.256 e. The van der Waals surface area contributed by atoms with Crippen molar-refractivity contribution < 1.29 is 13.9 Å². The first-order chi connectivity index (χ1) is 14.1. The van der Waals surface area contributed by atoms with Gasteiger partial charge in [-0.2, -0.15) is 0 Å².